The molecule has 1 fully saturated rings. The molecule has 0 amide bonds. The van der Waals surface area contributed by atoms with E-state index in [0.717, 1.165) is 57.8 Å². The summed E-state index contributed by atoms with van der Waals surface area (Å²) in [5, 5.41) is 27.7. The molecule has 28 heavy (non-hydrogen) atoms. The minimum absolute atomic E-state index is 0.0568. The van der Waals surface area contributed by atoms with Crippen LogP contribution in [-0.2, 0) is 19.1 Å². The highest BCUT2D eigenvalue weighted by Crippen LogP contribution is 2.38. The number of aliphatic hydroxyl groups is 2. The average Bonchev–Trinajstić information content (AvgIpc) is 2.95. The molecule has 1 rings (SSSR count). The highest BCUT2D eigenvalue weighted by Gasteiger charge is 2.41. The number of carboxylic acids is 1. The van der Waals surface area contributed by atoms with Crippen LogP contribution in [0.3, 0.4) is 0 Å². The molecular formula is C21H38O7. The Morgan fingerprint density at radius 1 is 1.14 bits per heavy atom. The maximum absolute atomic E-state index is 12.5. The number of ether oxygens (including phenoxy) is 2. The molecule has 0 saturated heterocycles. The Bertz CT molecular complexity index is 440. The highest BCUT2D eigenvalue weighted by atomic mass is 16.5. The van der Waals surface area contributed by atoms with Crippen LogP contribution in [0.25, 0.3) is 0 Å². The average molecular weight is 403 g/mol. The number of carbonyl (C=O) groups excluding carboxylic acids is 1. The zero-order valence-electron chi connectivity index (χ0n) is 17.2. The maximum atomic E-state index is 12.5. The predicted octanol–water partition coefficient (Wildman–Crippen LogP) is 2.56. The van der Waals surface area contributed by atoms with Gasteiger partial charge in [0, 0.05) is 18.9 Å². The van der Waals surface area contributed by atoms with E-state index in [1.165, 1.54) is 0 Å². The van der Waals surface area contributed by atoms with Crippen molar-refractivity contribution in [1.82, 2.24) is 0 Å². The lowest BCUT2D eigenvalue weighted by atomic mass is 9.85. The van der Waals surface area contributed by atoms with Crippen molar-refractivity contribution in [2.75, 3.05) is 26.4 Å². The lowest BCUT2D eigenvalue weighted by molar-refractivity contribution is -0.142. The van der Waals surface area contributed by atoms with Gasteiger partial charge in [-0.1, -0.05) is 32.6 Å². The number of hydrogen-bond acceptors (Lipinski definition) is 6. The van der Waals surface area contributed by atoms with E-state index in [1.807, 2.05) is 0 Å². The zero-order chi connectivity index (χ0) is 20.8. The Kier molecular flexibility index (Phi) is 13.3. The van der Waals surface area contributed by atoms with Crippen LogP contribution in [0.15, 0.2) is 0 Å². The number of carbonyl (C=O) groups is 2. The Hall–Kier alpha value is -1.02. The number of aliphatic hydroxyl groups excluding tert-OH is 2. The van der Waals surface area contributed by atoms with Crippen LogP contribution < -0.4 is 0 Å². The van der Waals surface area contributed by atoms with E-state index in [4.69, 9.17) is 19.7 Å². The summed E-state index contributed by atoms with van der Waals surface area (Å²) in [6.07, 6.45) is 7.60. The van der Waals surface area contributed by atoms with Crippen molar-refractivity contribution in [3.05, 3.63) is 0 Å². The molecule has 1 aliphatic rings. The minimum atomic E-state index is -0.976. The molecule has 0 aliphatic heterocycles. The lowest BCUT2D eigenvalue weighted by Gasteiger charge is -2.24. The summed E-state index contributed by atoms with van der Waals surface area (Å²) >= 11 is 0. The summed E-state index contributed by atoms with van der Waals surface area (Å²) in [6, 6.07) is 0. The van der Waals surface area contributed by atoms with E-state index >= 15 is 0 Å². The fourth-order valence-electron chi connectivity index (χ4n) is 4.05. The first-order valence-electron chi connectivity index (χ1n) is 10.7. The number of Topliss-reactive ketones (excluding diaryl/α,β-unsaturated/α-hetero) is 1. The third-order valence-electron chi connectivity index (χ3n) is 5.48. The van der Waals surface area contributed by atoms with Gasteiger partial charge in [0.25, 0.3) is 0 Å². The van der Waals surface area contributed by atoms with E-state index in [0.29, 0.717) is 13.0 Å². The first kappa shape index (κ1) is 25.0. The van der Waals surface area contributed by atoms with Crippen LogP contribution in [0.4, 0.5) is 0 Å². The van der Waals surface area contributed by atoms with Gasteiger partial charge in [-0.25, -0.2) is 4.79 Å². The van der Waals surface area contributed by atoms with Crippen molar-refractivity contribution in [2.45, 2.75) is 83.3 Å². The minimum Gasteiger partial charge on any atom is -0.480 e. The van der Waals surface area contributed by atoms with Crippen molar-refractivity contribution >= 4 is 11.8 Å². The number of aliphatic carboxylic acids is 1. The van der Waals surface area contributed by atoms with Crippen LogP contribution >= 0.6 is 0 Å². The second-order valence-electron chi connectivity index (χ2n) is 7.74. The molecular weight excluding hydrogens is 364 g/mol. The van der Waals surface area contributed by atoms with Crippen LogP contribution in [-0.4, -0.2) is 65.7 Å². The van der Waals surface area contributed by atoms with Gasteiger partial charge in [-0.15, -0.1) is 0 Å². The fourth-order valence-corrected chi connectivity index (χ4v) is 4.05. The summed E-state index contributed by atoms with van der Waals surface area (Å²) in [5.41, 5.74) is 0. The van der Waals surface area contributed by atoms with Crippen molar-refractivity contribution in [2.24, 2.45) is 11.8 Å². The second kappa shape index (κ2) is 14.9. The van der Waals surface area contributed by atoms with Crippen molar-refractivity contribution in [1.29, 1.82) is 0 Å². The Morgan fingerprint density at radius 3 is 2.57 bits per heavy atom. The molecule has 0 aromatic rings. The fraction of sp³-hybridized carbons (Fsp3) is 0.905. The monoisotopic (exact) mass is 402 g/mol. The third-order valence-corrected chi connectivity index (χ3v) is 5.48. The molecule has 4 atom stereocenters. The van der Waals surface area contributed by atoms with Gasteiger partial charge in [0.15, 0.2) is 0 Å². The van der Waals surface area contributed by atoms with Gasteiger partial charge in [-0.05, 0) is 38.0 Å². The molecule has 0 aromatic heterocycles. The normalized spacial score (nSPS) is 23.2. The molecule has 0 heterocycles. The third kappa shape index (κ3) is 9.96. The van der Waals surface area contributed by atoms with Crippen LogP contribution in [0.2, 0.25) is 0 Å². The van der Waals surface area contributed by atoms with Gasteiger partial charge in [-0.3, -0.25) is 4.79 Å². The molecule has 0 radical (unpaired) electrons. The van der Waals surface area contributed by atoms with Gasteiger partial charge < -0.3 is 24.8 Å². The van der Waals surface area contributed by atoms with Gasteiger partial charge in [0.05, 0.1) is 25.4 Å². The predicted molar refractivity (Wildman–Crippen MR) is 105 cm³/mol. The van der Waals surface area contributed by atoms with E-state index in [2.05, 4.69) is 6.92 Å². The summed E-state index contributed by atoms with van der Waals surface area (Å²) in [4.78, 5) is 22.9. The van der Waals surface area contributed by atoms with Gasteiger partial charge in [-0.2, -0.15) is 0 Å². The standard InChI is InChI=1S/C21H38O7/c1-2-3-7-16(23)8-6-10-18-17(9-4-5-12-27-15-21(25)26)19(24)14-20(18)28-13-11-22/h16-18,20,22-23H,2-15H2,1H3,(H,25,26)/t16?,17-,18-,20-/m1/s1. The number of ketones is 1. The summed E-state index contributed by atoms with van der Waals surface area (Å²) in [7, 11) is 0. The summed E-state index contributed by atoms with van der Waals surface area (Å²) in [5.74, 6) is -0.699. The number of unbranched alkanes of at least 4 members (excludes halogenated alkanes) is 2. The molecule has 7 nitrogen and oxygen atoms in total. The van der Waals surface area contributed by atoms with E-state index < -0.39 is 5.97 Å². The quantitative estimate of drug-likeness (QED) is 0.320. The number of hydrogen-bond donors (Lipinski definition) is 3. The molecule has 164 valence electrons. The molecule has 0 aromatic carbocycles. The SMILES string of the molecule is CCCCC(O)CCC[C@H]1[C@H](OCCO)CC(=O)[C@@H]1CCCCOCC(=O)O. The topological polar surface area (TPSA) is 113 Å². The molecule has 3 N–H and O–H groups in total. The van der Waals surface area contributed by atoms with E-state index in [-0.39, 0.29) is 49.6 Å². The molecule has 0 spiro atoms. The first-order chi connectivity index (χ1) is 13.5. The Balaban J connectivity index is 2.46. The van der Waals surface area contributed by atoms with Crippen molar-refractivity contribution in [3.63, 3.8) is 0 Å². The van der Waals surface area contributed by atoms with E-state index in [9.17, 15) is 14.7 Å². The van der Waals surface area contributed by atoms with E-state index in [1.54, 1.807) is 0 Å². The maximum Gasteiger partial charge on any atom is 0.329 e. The molecule has 1 aliphatic carbocycles. The molecule has 0 bridgehead atoms. The smallest absolute Gasteiger partial charge is 0.329 e. The summed E-state index contributed by atoms with van der Waals surface area (Å²) in [6.45, 7) is 2.38. The largest absolute Gasteiger partial charge is 0.480 e. The van der Waals surface area contributed by atoms with Crippen molar-refractivity contribution < 1.29 is 34.4 Å². The zero-order valence-corrected chi connectivity index (χ0v) is 17.2. The number of rotatable bonds is 17. The molecule has 1 unspecified atom stereocenters. The number of carboxylic acid groups (broad SMARTS) is 1. The van der Waals surface area contributed by atoms with Gasteiger partial charge in [0.2, 0.25) is 0 Å². The Morgan fingerprint density at radius 2 is 1.89 bits per heavy atom. The van der Waals surface area contributed by atoms with Gasteiger partial charge in [0.1, 0.15) is 12.4 Å². The molecule has 7 heteroatoms. The first-order valence-corrected chi connectivity index (χ1v) is 10.7. The summed E-state index contributed by atoms with van der Waals surface area (Å²) < 4.78 is 10.8. The lowest BCUT2D eigenvalue weighted by Crippen LogP contribution is -2.25. The second-order valence-corrected chi connectivity index (χ2v) is 7.74. The van der Waals surface area contributed by atoms with Gasteiger partial charge >= 0.3 is 5.97 Å². The Labute approximate surface area is 168 Å². The molecule has 1 saturated carbocycles. The van der Waals surface area contributed by atoms with Crippen LogP contribution in [0.5, 0.6) is 0 Å². The highest BCUT2D eigenvalue weighted by molar-refractivity contribution is 5.84. The van der Waals surface area contributed by atoms with Crippen LogP contribution in [0.1, 0.15) is 71.1 Å². The van der Waals surface area contributed by atoms with Crippen LogP contribution in [0, 0.1) is 11.8 Å². The van der Waals surface area contributed by atoms with Crippen molar-refractivity contribution in [3.8, 4) is 0 Å².